The van der Waals surface area contributed by atoms with Crippen LogP contribution in [0.4, 0.5) is 0 Å². The molecule has 1 aromatic carbocycles. The van der Waals surface area contributed by atoms with Gasteiger partial charge in [-0.2, -0.15) is 0 Å². The first-order valence-corrected chi connectivity index (χ1v) is 4.46. The molecule has 0 amide bonds. The maximum absolute atomic E-state index is 9.51. The second-order valence-electron chi connectivity index (χ2n) is 3.21. The zero-order chi connectivity index (χ0) is 10.1. The van der Waals surface area contributed by atoms with E-state index in [-0.39, 0.29) is 6.54 Å². The standard InChI is InChI=1S/C10H12N2O2/c1-6-12-8-4-7(9(13)5-11)2-3-10(8)14-6/h2-4,9,13H,5,11H2,1H3. The lowest BCUT2D eigenvalue weighted by Crippen LogP contribution is -2.11. The van der Waals surface area contributed by atoms with Gasteiger partial charge in [0, 0.05) is 13.5 Å². The average molecular weight is 192 g/mol. The highest BCUT2D eigenvalue weighted by molar-refractivity contribution is 5.73. The number of aryl methyl sites for hydroxylation is 1. The summed E-state index contributed by atoms with van der Waals surface area (Å²) in [5.74, 6) is 0.624. The zero-order valence-corrected chi connectivity index (χ0v) is 7.90. The summed E-state index contributed by atoms with van der Waals surface area (Å²) < 4.78 is 5.31. The number of nitrogens with zero attached hydrogens (tertiary/aromatic N) is 1. The van der Waals surface area contributed by atoms with Gasteiger partial charge in [0.25, 0.3) is 0 Å². The third kappa shape index (κ3) is 1.49. The lowest BCUT2D eigenvalue weighted by molar-refractivity contribution is 0.187. The number of hydrogen-bond acceptors (Lipinski definition) is 4. The van der Waals surface area contributed by atoms with Crippen LogP contribution in [0.2, 0.25) is 0 Å². The highest BCUT2D eigenvalue weighted by atomic mass is 16.3. The van der Waals surface area contributed by atoms with Crippen LogP contribution in [0.1, 0.15) is 17.6 Å². The fourth-order valence-corrected chi connectivity index (χ4v) is 1.40. The van der Waals surface area contributed by atoms with E-state index in [9.17, 15) is 5.11 Å². The Kier molecular flexibility index (Phi) is 2.23. The lowest BCUT2D eigenvalue weighted by Gasteiger charge is -2.06. The van der Waals surface area contributed by atoms with E-state index in [1.165, 1.54) is 0 Å². The molecule has 2 rings (SSSR count). The predicted octanol–water partition coefficient (Wildman–Crippen LogP) is 1.13. The molecule has 2 aromatic rings. The summed E-state index contributed by atoms with van der Waals surface area (Å²) in [5.41, 5.74) is 7.62. The van der Waals surface area contributed by atoms with Gasteiger partial charge in [0.1, 0.15) is 5.52 Å². The second-order valence-corrected chi connectivity index (χ2v) is 3.21. The number of aromatic nitrogens is 1. The lowest BCUT2D eigenvalue weighted by atomic mass is 10.1. The van der Waals surface area contributed by atoms with E-state index < -0.39 is 6.10 Å². The van der Waals surface area contributed by atoms with Crippen LogP contribution in [-0.2, 0) is 0 Å². The monoisotopic (exact) mass is 192 g/mol. The summed E-state index contributed by atoms with van der Waals surface area (Å²) in [6.45, 7) is 2.00. The molecule has 0 aliphatic heterocycles. The highest BCUT2D eigenvalue weighted by Gasteiger charge is 2.08. The van der Waals surface area contributed by atoms with Crippen molar-refractivity contribution in [3.05, 3.63) is 29.7 Å². The van der Waals surface area contributed by atoms with Crippen LogP contribution in [0.3, 0.4) is 0 Å². The van der Waals surface area contributed by atoms with Gasteiger partial charge in [-0.15, -0.1) is 0 Å². The molecule has 0 aliphatic rings. The van der Waals surface area contributed by atoms with Crippen molar-refractivity contribution < 1.29 is 9.52 Å². The molecule has 0 spiro atoms. The minimum absolute atomic E-state index is 0.211. The molecule has 0 saturated carbocycles. The molecular weight excluding hydrogens is 180 g/mol. The van der Waals surface area contributed by atoms with Crippen molar-refractivity contribution in [1.29, 1.82) is 0 Å². The van der Waals surface area contributed by atoms with Crippen LogP contribution in [0.5, 0.6) is 0 Å². The number of aliphatic hydroxyl groups excluding tert-OH is 1. The van der Waals surface area contributed by atoms with Crippen LogP contribution < -0.4 is 5.73 Å². The number of rotatable bonds is 2. The molecular formula is C10H12N2O2. The number of fused-ring (bicyclic) bond motifs is 1. The Hall–Kier alpha value is -1.39. The topological polar surface area (TPSA) is 72.3 Å². The Balaban J connectivity index is 2.50. The van der Waals surface area contributed by atoms with Gasteiger partial charge in [0.2, 0.25) is 0 Å². The van der Waals surface area contributed by atoms with Gasteiger partial charge in [0.05, 0.1) is 6.10 Å². The van der Waals surface area contributed by atoms with Gasteiger partial charge in [-0.3, -0.25) is 0 Å². The third-order valence-electron chi connectivity index (χ3n) is 2.13. The van der Waals surface area contributed by atoms with Gasteiger partial charge < -0.3 is 15.3 Å². The van der Waals surface area contributed by atoms with Crippen molar-refractivity contribution in [2.45, 2.75) is 13.0 Å². The number of aliphatic hydroxyl groups is 1. The van der Waals surface area contributed by atoms with Crippen molar-refractivity contribution in [3.8, 4) is 0 Å². The predicted molar refractivity (Wildman–Crippen MR) is 52.8 cm³/mol. The van der Waals surface area contributed by atoms with E-state index in [2.05, 4.69) is 4.98 Å². The fourth-order valence-electron chi connectivity index (χ4n) is 1.40. The molecule has 1 atom stereocenters. The van der Waals surface area contributed by atoms with Gasteiger partial charge in [0.15, 0.2) is 11.5 Å². The summed E-state index contributed by atoms with van der Waals surface area (Å²) >= 11 is 0. The number of hydrogen-bond donors (Lipinski definition) is 2. The molecule has 14 heavy (non-hydrogen) atoms. The van der Waals surface area contributed by atoms with E-state index in [4.69, 9.17) is 10.2 Å². The smallest absolute Gasteiger partial charge is 0.192 e. The summed E-state index contributed by atoms with van der Waals surface area (Å²) in [6, 6.07) is 5.39. The van der Waals surface area contributed by atoms with Gasteiger partial charge >= 0.3 is 0 Å². The minimum Gasteiger partial charge on any atom is -0.441 e. The number of benzene rings is 1. The molecule has 1 heterocycles. The quantitative estimate of drug-likeness (QED) is 0.748. The Bertz CT molecular complexity index is 450. The molecule has 1 unspecified atom stereocenters. The van der Waals surface area contributed by atoms with Crippen molar-refractivity contribution in [3.63, 3.8) is 0 Å². The van der Waals surface area contributed by atoms with Crippen molar-refractivity contribution in [1.82, 2.24) is 4.98 Å². The van der Waals surface area contributed by atoms with E-state index >= 15 is 0 Å². The maximum atomic E-state index is 9.51. The van der Waals surface area contributed by atoms with E-state index in [1.54, 1.807) is 25.1 Å². The first-order chi connectivity index (χ1) is 6.70. The van der Waals surface area contributed by atoms with Gasteiger partial charge in [-0.05, 0) is 17.7 Å². The fraction of sp³-hybridized carbons (Fsp3) is 0.300. The highest BCUT2D eigenvalue weighted by Crippen LogP contribution is 2.20. The first-order valence-electron chi connectivity index (χ1n) is 4.46. The Morgan fingerprint density at radius 3 is 3.07 bits per heavy atom. The number of nitrogens with two attached hydrogens (primary N) is 1. The molecule has 3 N–H and O–H groups in total. The number of oxazole rings is 1. The SMILES string of the molecule is Cc1nc2cc(C(O)CN)ccc2o1. The normalized spacial score (nSPS) is 13.4. The van der Waals surface area contributed by atoms with Crippen molar-refractivity contribution >= 4 is 11.1 Å². The summed E-state index contributed by atoms with van der Waals surface area (Å²) in [7, 11) is 0. The molecule has 0 radical (unpaired) electrons. The van der Waals surface area contributed by atoms with E-state index in [0.29, 0.717) is 5.89 Å². The summed E-state index contributed by atoms with van der Waals surface area (Å²) in [4.78, 5) is 4.17. The van der Waals surface area contributed by atoms with E-state index in [1.807, 2.05) is 0 Å². The van der Waals surface area contributed by atoms with Crippen LogP contribution in [-0.4, -0.2) is 16.6 Å². The Morgan fingerprint density at radius 2 is 2.36 bits per heavy atom. The van der Waals surface area contributed by atoms with Crippen LogP contribution in [0.15, 0.2) is 22.6 Å². The molecule has 4 heteroatoms. The Labute approximate surface area is 81.4 Å². The molecule has 0 aliphatic carbocycles. The van der Waals surface area contributed by atoms with Crippen LogP contribution >= 0.6 is 0 Å². The largest absolute Gasteiger partial charge is 0.441 e. The molecule has 74 valence electrons. The van der Waals surface area contributed by atoms with Gasteiger partial charge in [-0.25, -0.2) is 4.98 Å². The van der Waals surface area contributed by atoms with Crippen molar-refractivity contribution in [2.24, 2.45) is 5.73 Å². The summed E-state index contributed by atoms with van der Waals surface area (Å²) in [6.07, 6.45) is -0.628. The second kappa shape index (κ2) is 3.40. The van der Waals surface area contributed by atoms with Crippen LogP contribution in [0, 0.1) is 6.92 Å². The molecule has 0 fully saturated rings. The van der Waals surface area contributed by atoms with Crippen LogP contribution in [0.25, 0.3) is 11.1 Å². The minimum atomic E-state index is -0.628. The average Bonchev–Trinajstić information content (AvgIpc) is 2.55. The maximum Gasteiger partial charge on any atom is 0.192 e. The van der Waals surface area contributed by atoms with E-state index in [0.717, 1.165) is 16.7 Å². The molecule has 0 bridgehead atoms. The van der Waals surface area contributed by atoms with Crippen molar-refractivity contribution in [2.75, 3.05) is 6.54 Å². The van der Waals surface area contributed by atoms with Gasteiger partial charge in [-0.1, -0.05) is 6.07 Å². The molecule has 0 saturated heterocycles. The summed E-state index contributed by atoms with van der Waals surface area (Å²) in [5, 5.41) is 9.51. The zero-order valence-electron chi connectivity index (χ0n) is 7.90. The molecule has 1 aromatic heterocycles. The molecule has 4 nitrogen and oxygen atoms in total. The third-order valence-corrected chi connectivity index (χ3v) is 2.13. The first kappa shape index (κ1) is 9.18. The Morgan fingerprint density at radius 1 is 1.57 bits per heavy atom.